The minimum atomic E-state index is -0.854. The van der Waals surface area contributed by atoms with Gasteiger partial charge in [-0.25, -0.2) is 0 Å². The van der Waals surface area contributed by atoms with E-state index in [9.17, 15) is 9.59 Å². The summed E-state index contributed by atoms with van der Waals surface area (Å²) in [6.07, 6.45) is 1.43. The third-order valence-electron chi connectivity index (χ3n) is 3.68. The molecule has 1 heterocycles. The van der Waals surface area contributed by atoms with E-state index in [0.717, 1.165) is 17.7 Å². The first-order valence-corrected chi connectivity index (χ1v) is 7.49. The van der Waals surface area contributed by atoms with Gasteiger partial charge in [-0.05, 0) is 44.0 Å². The fourth-order valence-corrected chi connectivity index (χ4v) is 2.60. The highest BCUT2D eigenvalue weighted by molar-refractivity contribution is 5.80. The first kappa shape index (κ1) is 16.3. The molecule has 22 heavy (non-hydrogen) atoms. The monoisotopic (exact) mass is 306 g/mol. The van der Waals surface area contributed by atoms with Gasteiger partial charge >= 0.3 is 5.97 Å². The summed E-state index contributed by atoms with van der Waals surface area (Å²) in [7, 11) is 0. The third-order valence-corrected chi connectivity index (χ3v) is 3.68. The van der Waals surface area contributed by atoms with Crippen molar-refractivity contribution in [2.75, 3.05) is 26.2 Å². The fourth-order valence-electron chi connectivity index (χ4n) is 2.60. The van der Waals surface area contributed by atoms with Crippen LogP contribution >= 0.6 is 0 Å². The summed E-state index contributed by atoms with van der Waals surface area (Å²) in [6.45, 7) is 3.56. The predicted molar refractivity (Wildman–Crippen MR) is 81.9 cm³/mol. The molecule has 1 aromatic rings. The Morgan fingerprint density at radius 3 is 3.00 bits per heavy atom. The van der Waals surface area contributed by atoms with Crippen LogP contribution in [-0.2, 0) is 9.59 Å². The third kappa shape index (κ3) is 4.73. The first-order chi connectivity index (χ1) is 10.6. The van der Waals surface area contributed by atoms with Gasteiger partial charge in [-0.15, -0.1) is 0 Å². The van der Waals surface area contributed by atoms with Gasteiger partial charge in [0.25, 0.3) is 0 Å². The number of carboxylic acids is 1. The Morgan fingerprint density at radius 2 is 2.27 bits per heavy atom. The largest absolute Gasteiger partial charge is 0.492 e. The van der Waals surface area contributed by atoms with Crippen LogP contribution in [0.3, 0.4) is 0 Å². The number of rotatable bonds is 7. The van der Waals surface area contributed by atoms with E-state index in [1.807, 2.05) is 31.2 Å². The number of amides is 1. The molecule has 1 amide bonds. The number of carboxylic acid groups (broad SMARTS) is 1. The van der Waals surface area contributed by atoms with Crippen molar-refractivity contribution in [1.29, 1.82) is 0 Å². The molecule has 2 N–H and O–H groups in total. The minimum Gasteiger partial charge on any atom is -0.492 e. The summed E-state index contributed by atoms with van der Waals surface area (Å²) < 4.78 is 5.54. The van der Waals surface area contributed by atoms with Crippen molar-refractivity contribution in [2.45, 2.75) is 25.8 Å². The van der Waals surface area contributed by atoms with E-state index in [1.165, 1.54) is 0 Å². The Labute approximate surface area is 130 Å². The molecular weight excluding hydrogens is 284 g/mol. The second kappa shape index (κ2) is 7.79. The van der Waals surface area contributed by atoms with Crippen LogP contribution in [0, 0.1) is 6.92 Å². The number of aryl methyl sites for hydroxylation is 1. The summed E-state index contributed by atoms with van der Waals surface area (Å²) >= 11 is 0. The molecule has 2 rings (SSSR count). The van der Waals surface area contributed by atoms with E-state index in [1.54, 1.807) is 4.90 Å². The summed E-state index contributed by atoms with van der Waals surface area (Å²) in [5.74, 6) is -0.242. The number of hydrogen-bond donors (Lipinski definition) is 2. The second-order valence-electron chi connectivity index (χ2n) is 5.48. The molecule has 0 aliphatic carbocycles. The zero-order valence-electron chi connectivity index (χ0n) is 12.7. The average molecular weight is 306 g/mol. The van der Waals surface area contributed by atoms with E-state index < -0.39 is 12.0 Å². The van der Waals surface area contributed by atoms with Gasteiger partial charge in [0.15, 0.2) is 0 Å². The van der Waals surface area contributed by atoms with E-state index >= 15 is 0 Å². The molecule has 120 valence electrons. The lowest BCUT2D eigenvalue weighted by atomic mass is 10.2. The molecule has 6 heteroatoms. The van der Waals surface area contributed by atoms with Crippen LogP contribution in [0.1, 0.15) is 18.4 Å². The van der Waals surface area contributed by atoms with Crippen molar-refractivity contribution < 1.29 is 19.4 Å². The molecule has 1 atom stereocenters. The molecular formula is C16H22N2O4. The Hall–Kier alpha value is -2.08. The molecule has 0 bridgehead atoms. The number of nitrogens with zero attached hydrogens (tertiary/aromatic N) is 1. The van der Waals surface area contributed by atoms with Crippen LogP contribution in [0.2, 0.25) is 0 Å². The normalized spacial score (nSPS) is 18.1. The number of benzene rings is 1. The van der Waals surface area contributed by atoms with Gasteiger partial charge in [0, 0.05) is 0 Å². The van der Waals surface area contributed by atoms with E-state index in [0.29, 0.717) is 26.1 Å². The predicted octanol–water partition coefficient (Wildman–Crippen LogP) is 1.04. The summed E-state index contributed by atoms with van der Waals surface area (Å²) in [4.78, 5) is 24.6. The molecule has 1 aliphatic heterocycles. The molecule has 0 unspecified atom stereocenters. The lowest BCUT2D eigenvalue weighted by Crippen LogP contribution is -2.43. The average Bonchev–Trinajstić information content (AvgIpc) is 2.92. The highest BCUT2D eigenvalue weighted by Crippen LogP contribution is 2.16. The van der Waals surface area contributed by atoms with Crippen LogP contribution < -0.4 is 10.1 Å². The van der Waals surface area contributed by atoms with E-state index in [2.05, 4.69) is 5.32 Å². The second-order valence-corrected chi connectivity index (χ2v) is 5.48. The van der Waals surface area contributed by atoms with Gasteiger partial charge in [-0.3, -0.25) is 14.5 Å². The number of likely N-dealkylation sites (tertiary alicyclic amines) is 1. The van der Waals surface area contributed by atoms with Crippen molar-refractivity contribution >= 4 is 11.9 Å². The van der Waals surface area contributed by atoms with Gasteiger partial charge in [-0.2, -0.15) is 0 Å². The highest BCUT2D eigenvalue weighted by Gasteiger charge is 2.31. The van der Waals surface area contributed by atoms with E-state index in [-0.39, 0.29) is 12.5 Å². The smallest absolute Gasteiger partial charge is 0.320 e. The number of ether oxygens (including phenoxy) is 1. The van der Waals surface area contributed by atoms with Crippen molar-refractivity contribution in [3.63, 3.8) is 0 Å². The van der Waals surface area contributed by atoms with Crippen molar-refractivity contribution in [2.24, 2.45) is 0 Å². The van der Waals surface area contributed by atoms with Gasteiger partial charge < -0.3 is 15.2 Å². The summed E-state index contributed by atoms with van der Waals surface area (Å²) in [6, 6.07) is 7.18. The highest BCUT2D eigenvalue weighted by atomic mass is 16.5. The Bertz CT molecular complexity index is 533. The lowest BCUT2D eigenvalue weighted by Gasteiger charge is -2.20. The SMILES string of the molecule is Cc1cccc(OCCNC(=O)CN2CCC[C@H]2C(=O)O)c1. The molecule has 1 saturated heterocycles. The Morgan fingerprint density at radius 1 is 1.45 bits per heavy atom. The zero-order chi connectivity index (χ0) is 15.9. The maximum Gasteiger partial charge on any atom is 0.320 e. The summed E-state index contributed by atoms with van der Waals surface area (Å²) in [5.41, 5.74) is 1.12. The quantitative estimate of drug-likeness (QED) is 0.736. The Balaban J connectivity index is 1.66. The molecule has 1 fully saturated rings. The van der Waals surface area contributed by atoms with Crippen molar-refractivity contribution in [1.82, 2.24) is 10.2 Å². The van der Waals surface area contributed by atoms with Gasteiger partial charge in [0.1, 0.15) is 18.4 Å². The number of hydrogen-bond acceptors (Lipinski definition) is 4. The molecule has 1 aromatic carbocycles. The van der Waals surface area contributed by atoms with Crippen LogP contribution in [-0.4, -0.2) is 54.2 Å². The molecule has 0 saturated carbocycles. The van der Waals surface area contributed by atoms with Gasteiger partial charge in [0.05, 0.1) is 13.1 Å². The van der Waals surface area contributed by atoms with Gasteiger partial charge in [-0.1, -0.05) is 12.1 Å². The molecule has 0 aromatic heterocycles. The Kier molecular flexibility index (Phi) is 5.77. The first-order valence-electron chi connectivity index (χ1n) is 7.49. The number of aliphatic carboxylic acids is 1. The number of nitrogens with one attached hydrogen (secondary N) is 1. The molecule has 6 nitrogen and oxygen atoms in total. The summed E-state index contributed by atoms with van der Waals surface area (Å²) in [5, 5.41) is 11.8. The molecule has 1 aliphatic rings. The van der Waals surface area contributed by atoms with E-state index in [4.69, 9.17) is 9.84 Å². The lowest BCUT2D eigenvalue weighted by molar-refractivity contribution is -0.142. The van der Waals surface area contributed by atoms with Crippen LogP contribution in [0.5, 0.6) is 5.75 Å². The van der Waals surface area contributed by atoms with Crippen LogP contribution in [0.25, 0.3) is 0 Å². The molecule has 0 spiro atoms. The minimum absolute atomic E-state index is 0.126. The van der Waals surface area contributed by atoms with Crippen molar-refractivity contribution in [3.8, 4) is 5.75 Å². The standard InChI is InChI=1S/C16H22N2O4/c1-12-4-2-5-13(10-12)22-9-7-17-15(19)11-18-8-3-6-14(18)16(20)21/h2,4-5,10,14H,3,6-9,11H2,1H3,(H,17,19)(H,20,21)/t14-/m0/s1. The van der Waals surface area contributed by atoms with Gasteiger partial charge in [0.2, 0.25) is 5.91 Å². The number of carbonyl (C=O) groups is 2. The maximum atomic E-state index is 11.8. The maximum absolute atomic E-state index is 11.8. The van der Waals surface area contributed by atoms with Crippen LogP contribution in [0.4, 0.5) is 0 Å². The van der Waals surface area contributed by atoms with Crippen LogP contribution in [0.15, 0.2) is 24.3 Å². The zero-order valence-corrected chi connectivity index (χ0v) is 12.7. The topological polar surface area (TPSA) is 78.9 Å². The molecule has 0 radical (unpaired) electrons. The van der Waals surface area contributed by atoms with Crippen molar-refractivity contribution in [3.05, 3.63) is 29.8 Å². The number of carbonyl (C=O) groups excluding carboxylic acids is 1. The fraction of sp³-hybridized carbons (Fsp3) is 0.500.